The fourth-order valence-corrected chi connectivity index (χ4v) is 6.34. The van der Waals surface area contributed by atoms with Crippen LogP contribution in [0.1, 0.15) is 50.1 Å². The summed E-state index contributed by atoms with van der Waals surface area (Å²) in [5, 5.41) is 3.02. The van der Waals surface area contributed by atoms with Crippen molar-refractivity contribution in [1.82, 2.24) is 10.2 Å². The standard InChI is InChI=1S/C21H32N2O4S/c1-23-14-6-7-17(19(23)16-8-10-18(27-2)11-9-16)15-22-20(24)21(28(3,25)26)12-4-5-13-21/h8-11,17,19H,4-7,12-15H2,1-3H3,(H,22,24). The molecule has 1 aromatic carbocycles. The van der Waals surface area contributed by atoms with Crippen LogP contribution in [0.25, 0.3) is 0 Å². The van der Waals surface area contributed by atoms with Crippen molar-refractivity contribution in [2.75, 3.05) is 33.5 Å². The monoisotopic (exact) mass is 408 g/mol. The summed E-state index contributed by atoms with van der Waals surface area (Å²) in [6, 6.07) is 8.28. The molecule has 0 bridgehead atoms. The van der Waals surface area contributed by atoms with Crippen LogP contribution in [0, 0.1) is 5.92 Å². The molecule has 1 N–H and O–H groups in total. The molecule has 3 rings (SSSR count). The molecule has 156 valence electrons. The van der Waals surface area contributed by atoms with Crippen molar-refractivity contribution in [3.63, 3.8) is 0 Å². The Hall–Kier alpha value is -1.60. The van der Waals surface area contributed by atoms with Gasteiger partial charge in [0.2, 0.25) is 5.91 Å². The number of benzene rings is 1. The molecule has 6 nitrogen and oxygen atoms in total. The van der Waals surface area contributed by atoms with E-state index in [9.17, 15) is 13.2 Å². The van der Waals surface area contributed by atoms with E-state index < -0.39 is 14.6 Å². The predicted octanol–water partition coefficient (Wildman–Crippen LogP) is 2.55. The average molecular weight is 409 g/mol. The Balaban J connectivity index is 1.74. The summed E-state index contributed by atoms with van der Waals surface area (Å²) in [5.41, 5.74) is 1.20. The first kappa shape index (κ1) is 21.1. The Morgan fingerprint density at radius 2 is 1.86 bits per heavy atom. The van der Waals surface area contributed by atoms with Crippen molar-refractivity contribution in [1.29, 1.82) is 0 Å². The third-order valence-corrected chi connectivity index (χ3v) is 8.54. The summed E-state index contributed by atoms with van der Waals surface area (Å²) >= 11 is 0. The largest absolute Gasteiger partial charge is 0.497 e. The maximum absolute atomic E-state index is 12.9. The zero-order chi connectivity index (χ0) is 20.4. The van der Waals surface area contributed by atoms with Gasteiger partial charge in [0.15, 0.2) is 9.84 Å². The molecular formula is C21H32N2O4S. The minimum Gasteiger partial charge on any atom is -0.497 e. The van der Waals surface area contributed by atoms with Gasteiger partial charge in [0, 0.05) is 18.8 Å². The number of ether oxygens (including phenoxy) is 1. The molecule has 0 spiro atoms. The highest BCUT2D eigenvalue weighted by atomic mass is 32.2. The molecule has 1 heterocycles. The number of nitrogens with zero attached hydrogens (tertiary/aromatic N) is 1. The van der Waals surface area contributed by atoms with Crippen LogP contribution in [-0.4, -0.2) is 57.5 Å². The molecule has 28 heavy (non-hydrogen) atoms. The van der Waals surface area contributed by atoms with E-state index in [-0.39, 0.29) is 17.9 Å². The number of amides is 1. The second kappa shape index (κ2) is 8.41. The van der Waals surface area contributed by atoms with Gasteiger partial charge in [-0.25, -0.2) is 8.42 Å². The fourth-order valence-electron chi connectivity index (χ4n) is 4.90. The molecule has 2 aliphatic rings. The average Bonchev–Trinajstić information content (AvgIpc) is 3.18. The molecule has 1 aromatic rings. The molecule has 2 fully saturated rings. The molecular weight excluding hydrogens is 376 g/mol. The Labute approximate surface area is 168 Å². The molecule has 2 unspecified atom stereocenters. The van der Waals surface area contributed by atoms with Gasteiger partial charge in [-0.15, -0.1) is 0 Å². The van der Waals surface area contributed by atoms with Crippen molar-refractivity contribution in [3.8, 4) is 5.75 Å². The highest BCUT2D eigenvalue weighted by molar-refractivity contribution is 7.92. The van der Waals surface area contributed by atoms with Crippen molar-refractivity contribution in [2.45, 2.75) is 49.3 Å². The Morgan fingerprint density at radius 1 is 1.21 bits per heavy atom. The van der Waals surface area contributed by atoms with Crippen LogP contribution in [0.15, 0.2) is 24.3 Å². The van der Waals surface area contributed by atoms with E-state index >= 15 is 0 Å². The van der Waals surface area contributed by atoms with Crippen molar-refractivity contribution < 1.29 is 17.9 Å². The fraction of sp³-hybridized carbons (Fsp3) is 0.667. The highest BCUT2D eigenvalue weighted by Gasteiger charge is 2.50. The number of carbonyl (C=O) groups excluding carboxylic acids is 1. The van der Waals surface area contributed by atoms with Gasteiger partial charge in [-0.1, -0.05) is 25.0 Å². The predicted molar refractivity (Wildman–Crippen MR) is 110 cm³/mol. The van der Waals surface area contributed by atoms with Crippen molar-refractivity contribution in [2.24, 2.45) is 5.92 Å². The molecule has 1 saturated heterocycles. The number of hydrogen-bond acceptors (Lipinski definition) is 5. The minimum absolute atomic E-state index is 0.192. The molecule has 1 aliphatic carbocycles. The van der Waals surface area contributed by atoms with Gasteiger partial charge in [0.25, 0.3) is 0 Å². The second-order valence-electron chi connectivity index (χ2n) is 8.28. The maximum Gasteiger partial charge on any atom is 0.241 e. The first-order valence-corrected chi connectivity index (χ1v) is 12.0. The summed E-state index contributed by atoms with van der Waals surface area (Å²) in [7, 11) is 0.326. The lowest BCUT2D eigenvalue weighted by Crippen LogP contribution is -2.52. The summed E-state index contributed by atoms with van der Waals surface area (Å²) in [6.45, 7) is 1.51. The SMILES string of the molecule is COc1ccc(C2C(CNC(=O)C3(S(C)(=O)=O)CCCC3)CCCN2C)cc1. The lowest BCUT2D eigenvalue weighted by atomic mass is 9.84. The van der Waals surface area contributed by atoms with Gasteiger partial charge in [0.05, 0.1) is 7.11 Å². The van der Waals surface area contributed by atoms with E-state index in [1.54, 1.807) is 7.11 Å². The normalized spacial score (nSPS) is 25.4. The van der Waals surface area contributed by atoms with Crippen molar-refractivity contribution >= 4 is 15.7 Å². The first-order chi connectivity index (χ1) is 13.3. The van der Waals surface area contributed by atoms with Crippen LogP contribution < -0.4 is 10.1 Å². The molecule has 0 aromatic heterocycles. The van der Waals surface area contributed by atoms with Gasteiger partial charge >= 0.3 is 0 Å². The lowest BCUT2D eigenvalue weighted by Gasteiger charge is -2.40. The van der Waals surface area contributed by atoms with E-state index in [2.05, 4.69) is 29.4 Å². The lowest BCUT2D eigenvalue weighted by molar-refractivity contribution is -0.123. The Morgan fingerprint density at radius 3 is 2.43 bits per heavy atom. The van der Waals surface area contributed by atoms with Gasteiger partial charge in [-0.05, 0) is 62.9 Å². The zero-order valence-corrected chi connectivity index (χ0v) is 17.9. The maximum atomic E-state index is 12.9. The van der Waals surface area contributed by atoms with Gasteiger partial charge in [0.1, 0.15) is 10.5 Å². The Bertz CT molecular complexity index is 785. The number of likely N-dealkylation sites (tertiary alicyclic amines) is 1. The molecule has 1 amide bonds. The molecule has 1 aliphatic heterocycles. The third-order valence-electron chi connectivity index (χ3n) is 6.52. The number of rotatable bonds is 6. The number of hydrogen-bond donors (Lipinski definition) is 1. The zero-order valence-electron chi connectivity index (χ0n) is 17.1. The van der Waals surface area contributed by atoms with E-state index in [1.807, 2.05) is 12.1 Å². The van der Waals surface area contributed by atoms with E-state index in [0.717, 1.165) is 38.0 Å². The first-order valence-electron chi connectivity index (χ1n) is 10.1. The Kier molecular flexibility index (Phi) is 6.34. The topological polar surface area (TPSA) is 75.7 Å². The van der Waals surface area contributed by atoms with Crippen LogP contribution in [-0.2, 0) is 14.6 Å². The van der Waals surface area contributed by atoms with E-state index in [0.29, 0.717) is 19.4 Å². The molecule has 1 saturated carbocycles. The van der Waals surface area contributed by atoms with Crippen LogP contribution in [0.4, 0.5) is 0 Å². The smallest absolute Gasteiger partial charge is 0.241 e. The number of nitrogens with one attached hydrogen (secondary N) is 1. The van der Waals surface area contributed by atoms with Gasteiger partial charge in [-0.3, -0.25) is 9.69 Å². The molecule has 7 heteroatoms. The minimum atomic E-state index is -3.44. The van der Waals surface area contributed by atoms with Crippen LogP contribution in [0.3, 0.4) is 0 Å². The molecule has 2 atom stereocenters. The van der Waals surface area contributed by atoms with Crippen molar-refractivity contribution in [3.05, 3.63) is 29.8 Å². The van der Waals surface area contributed by atoms with Gasteiger partial charge < -0.3 is 10.1 Å². The van der Waals surface area contributed by atoms with Gasteiger partial charge in [-0.2, -0.15) is 0 Å². The van der Waals surface area contributed by atoms with E-state index in [1.165, 1.54) is 11.8 Å². The number of carbonyl (C=O) groups is 1. The second-order valence-corrected chi connectivity index (χ2v) is 10.6. The summed E-state index contributed by atoms with van der Waals surface area (Å²) < 4.78 is 28.8. The number of piperidine rings is 1. The third kappa shape index (κ3) is 4.06. The van der Waals surface area contributed by atoms with E-state index in [4.69, 9.17) is 4.74 Å². The van der Waals surface area contributed by atoms with Crippen LogP contribution in [0.5, 0.6) is 5.75 Å². The highest BCUT2D eigenvalue weighted by Crippen LogP contribution is 2.38. The summed E-state index contributed by atoms with van der Waals surface area (Å²) in [5.74, 6) is 0.756. The molecule has 0 radical (unpaired) electrons. The number of sulfone groups is 1. The number of methoxy groups -OCH3 is 1. The van der Waals surface area contributed by atoms with Crippen LogP contribution in [0.2, 0.25) is 0 Å². The quantitative estimate of drug-likeness (QED) is 0.783. The summed E-state index contributed by atoms with van der Waals surface area (Å²) in [4.78, 5) is 15.3. The summed E-state index contributed by atoms with van der Waals surface area (Å²) in [6.07, 6.45) is 5.73. The van der Waals surface area contributed by atoms with Crippen LogP contribution >= 0.6 is 0 Å².